The topological polar surface area (TPSA) is 100 Å². The standard InChI is InChI=1S/C19H15Cl2N3O4S/c20-13-5-3-6-14(21)12(13)10-28-15-7-2-1-4-11(15)9-22-24-19-23-18(27)16(29-19)8-17(25)26/h1-7,9,16H,8,10H2,(H,25,26)(H,23,24,27). The highest BCUT2D eigenvalue weighted by atomic mass is 35.5. The predicted molar refractivity (Wildman–Crippen MR) is 114 cm³/mol. The summed E-state index contributed by atoms with van der Waals surface area (Å²) in [5.41, 5.74) is 1.34. The van der Waals surface area contributed by atoms with Gasteiger partial charge in [0.05, 0.1) is 12.6 Å². The number of carboxylic acids is 1. The lowest BCUT2D eigenvalue weighted by Gasteiger charge is -2.11. The maximum Gasteiger partial charge on any atom is 0.305 e. The van der Waals surface area contributed by atoms with Crippen molar-refractivity contribution in [2.75, 3.05) is 0 Å². The Kier molecular flexibility index (Phi) is 7.13. The van der Waals surface area contributed by atoms with Gasteiger partial charge >= 0.3 is 5.97 Å². The molecule has 3 rings (SSSR count). The molecule has 1 unspecified atom stereocenters. The van der Waals surface area contributed by atoms with Crippen molar-refractivity contribution in [1.82, 2.24) is 5.32 Å². The van der Waals surface area contributed by atoms with Crippen LogP contribution < -0.4 is 10.1 Å². The fourth-order valence-corrected chi connectivity index (χ4v) is 3.85. The molecule has 0 spiro atoms. The molecule has 0 saturated carbocycles. The van der Waals surface area contributed by atoms with Gasteiger partial charge in [0.25, 0.3) is 0 Å². The molecule has 150 valence electrons. The zero-order valence-corrected chi connectivity index (χ0v) is 17.2. The number of amidine groups is 1. The number of nitrogens with one attached hydrogen (secondary N) is 1. The first-order chi connectivity index (χ1) is 13.9. The second-order valence-corrected chi connectivity index (χ2v) is 7.88. The average Bonchev–Trinajstić information content (AvgIpc) is 3.01. The molecule has 29 heavy (non-hydrogen) atoms. The van der Waals surface area contributed by atoms with Gasteiger partial charge in [0.15, 0.2) is 5.17 Å². The van der Waals surface area contributed by atoms with Crippen molar-refractivity contribution < 1.29 is 19.4 Å². The lowest BCUT2D eigenvalue weighted by atomic mass is 10.2. The number of halogens is 2. The molecule has 0 aromatic heterocycles. The first kappa shape index (κ1) is 21.2. The summed E-state index contributed by atoms with van der Waals surface area (Å²) in [5.74, 6) is -0.891. The van der Waals surface area contributed by atoms with E-state index in [1.807, 2.05) is 12.1 Å². The number of nitrogens with zero attached hydrogens (tertiary/aromatic N) is 2. The molecule has 10 heteroatoms. The normalized spacial score (nSPS) is 17.7. The van der Waals surface area contributed by atoms with Crippen molar-refractivity contribution >= 4 is 58.2 Å². The molecule has 7 nitrogen and oxygen atoms in total. The monoisotopic (exact) mass is 451 g/mol. The van der Waals surface area contributed by atoms with E-state index in [1.54, 1.807) is 30.3 Å². The van der Waals surface area contributed by atoms with Gasteiger partial charge in [-0.05, 0) is 24.3 Å². The van der Waals surface area contributed by atoms with Gasteiger partial charge in [0.1, 0.15) is 17.6 Å². The summed E-state index contributed by atoms with van der Waals surface area (Å²) in [6.45, 7) is 0.181. The third-order valence-corrected chi connectivity index (χ3v) is 5.62. The second kappa shape index (κ2) is 9.78. The van der Waals surface area contributed by atoms with Crippen molar-refractivity contribution in [2.24, 2.45) is 10.2 Å². The fraction of sp³-hybridized carbons (Fsp3) is 0.158. The van der Waals surface area contributed by atoms with E-state index in [0.717, 1.165) is 11.8 Å². The second-order valence-electron chi connectivity index (χ2n) is 5.87. The molecule has 1 aliphatic rings. The van der Waals surface area contributed by atoms with E-state index in [2.05, 4.69) is 15.5 Å². The molecular weight excluding hydrogens is 437 g/mol. The lowest BCUT2D eigenvalue weighted by Crippen LogP contribution is -2.26. The predicted octanol–water partition coefficient (Wildman–Crippen LogP) is 3.97. The Balaban J connectivity index is 1.68. The van der Waals surface area contributed by atoms with Gasteiger partial charge in [-0.3, -0.25) is 9.59 Å². The van der Waals surface area contributed by atoms with Crippen molar-refractivity contribution in [3.63, 3.8) is 0 Å². The molecule has 1 saturated heterocycles. The summed E-state index contributed by atoms with van der Waals surface area (Å²) >= 11 is 13.4. The van der Waals surface area contributed by atoms with E-state index in [-0.39, 0.29) is 18.2 Å². The van der Waals surface area contributed by atoms with Crippen LogP contribution in [0.1, 0.15) is 17.5 Å². The van der Waals surface area contributed by atoms with E-state index in [0.29, 0.717) is 26.9 Å². The zero-order valence-electron chi connectivity index (χ0n) is 14.8. The summed E-state index contributed by atoms with van der Waals surface area (Å²) in [6.07, 6.45) is 1.20. The van der Waals surface area contributed by atoms with Crippen molar-refractivity contribution in [1.29, 1.82) is 0 Å². The van der Waals surface area contributed by atoms with E-state index in [4.69, 9.17) is 33.0 Å². The molecule has 0 bridgehead atoms. The van der Waals surface area contributed by atoms with Crippen molar-refractivity contribution in [3.8, 4) is 5.75 Å². The van der Waals surface area contributed by atoms with Crippen LogP contribution in [0, 0.1) is 0 Å². The number of amides is 1. The van der Waals surface area contributed by atoms with Crippen LogP contribution in [0.25, 0.3) is 0 Å². The van der Waals surface area contributed by atoms with E-state index in [9.17, 15) is 9.59 Å². The Morgan fingerprint density at radius 3 is 2.66 bits per heavy atom. The number of rotatable bonds is 7. The number of carbonyl (C=O) groups excluding carboxylic acids is 1. The molecule has 2 aromatic rings. The van der Waals surface area contributed by atoms with Crippen LogP contribution in [0.2, 0.25) is 10.0 Å². The summed E-state index contributed by atoms with van der Waals surface area (Å²) in [4.78, 5) is 22.5. The first-order valence-electron chi connectivity index (χ1n) is 8.39. The number of aliphatic carboxylic acids is 1. The number of carboxylic acid groups (broad SMARTS) is 1. The lowest BCUT2D eigenvalue weighted by molar-refractivity contribution is -0.138. The third kappa shape index (κ3) is 5.72. The van der Waals surface area contributed by atoms with Gasteiger partial charge < -0.3 is 15.2 Å². The number of benzene rings is 2. The van der Waals surface area contributed by atoms with Gasteiger partial charge in [0, 0.05) is 21.2 Å². The summed E-state index contributed by atoms with van der Waals surface area (Å²) < 4.78 is 5.84. The Bertz CT molecular complexity index is 977. The number of carbonyl (C=O) groups is 2. The van der Waals surface area contributed by atoms with E-state index < -0.39 is 17.1 Å². The molecule has 2 aromatic carbocycles. The molecule has 1 heterocycles. The average molecular weight is 452 g/mol. The van der Waals surface area contributed by atoms with Gasteiger partial charge in [0.2, 0.25) is 5.91 Å². The van der Waals surface area contributed by atoms with E-state index in [1.165, 1.54) is 6.21 Å². The van der Waals surface area contributed by atoms with Crippen LogP contribution in [-0.4, -0.2) is 33.6 Å². The van der Waals surface area contributed by atoms with E-state index >= 15 is 0 Å². The Morgan fingerprint density at radius 1 is 1.21 bits per heavy atom. The van der Waals surface area contributed by atoms with Gasteiger partial charge in [-0.1, -0.05) is 53.2 Å². The highest BCUT2D eigenvalue weighted by Gasteiger charge is 2.32. The highest BCUT2D eigenvalue weighted by molar-refractivity contribution is 8.15. The molecule has 1 fully saturated rings. The molecule has 1 amide bonds. The molecule has 0 radical (unpaired) electrons. The highest BCUT2D eigenvalue weighted by Crippen LogP contribution is 2.27. The maximum atomic E-state index is 11.7. The quantitative estimate of drug-likeness (QED) is 0.489. The number of hydrogen-bond donors (Lipinski definition) is 2. The Labute approximate surface area is 180 Å². The Morgan fingerprint density at radius 2 is 1.93 bits per heavy atom. The van der Waals surface area contributed by atoms with Crippen LogP contribution in [0.3, 0.4) is 0 Å². The molecule has 1 aliphatic heterocycles. The summed E-state index contributed by atoms with van der Waals surface area (Å²) in [7, 11) is 0. The van der Waals surface area contributed by atoms with Gasteiger partial charge in [-0.2, -0.15) is 5.10 Å². The summed E-state index contributed by atoms with van der Waals surface area (Å²) in [6, 6.07) is 12.4. The van der Waals surface area contributed by atoms with Crippen molar-refractivity contribution in [2.45, 2.75) is 18.3 Å². The van der Waals surface area contributed by atoms with Gasteiger partial charge in [-0.25, -0.2) is 0 Å². The number of para-hydroxylation sites is 1. The third-order valence-electron chi connectivity index (χ3n) is 3.83. The number of thioether (sulfide) groups is 1. The smallest absolute Gasteiger partial charge is 0.305 e. The number of hydrogen-bond acceptors (Lipinski definition) is 6. The maximum absolute atomic E-state index is 11.7. The van der Waals surface area contributed by atoms with Crippen LogP contribution in [0.15, 0.2) is 52.7 Å². The first-order valence-corrected chi connectivity index (χ1v) is 10.0. The van der Waals surface area contributed by atoms with Crippen LogP contribution >= 0.6 is 35.0 Å². The summed E-state index contributed by atoms with van der Waals surface area (Å²) in [5, 5.41) is 19.8. The largest absolute Gasteiger partial charge is 0.488 e. The van der Waals surface area contributed by atoms with Crippen LogP contribution in [0.5, 0.6) is 5.75 Å². The molecule has 2 N–H and O–H groups in total. The minimum absolute atomic E-state index is 0.181. The Hall–Kier alpha value is -2.55. The molecule has 0 aliphatic carbocycles. The SMILES string of the molecule is O=C(O)CC1SC(=NN=Cc2ccccc2OCc2c(Cl)cccc2Cl)NC1=O. The minimum atomic E-state index is -1.05. The van der Waals surface area contributed by atoms with Gasteiger partial charge in [-0.15, -0.1) is 5.10 Å². The minimum Gasteiger partial charge on any atom is -0.488 e. The van der Waals surface area contributed by atoms with Crippen LogP contribution in [0.4, 0.5) is 0 Å². The molecular formula is C19H15Cl2N3O4S. The van der Waals surface area contributed by atoms with Crippen LogP contribution in [-0.2, 0) is 16.2 Å². The zero-order chi connectivity index (χ0) is 20.8. The number of ether oxygens (including phenoxy) is 1. The fourth-order valence-electron chi connectivity index (χ4n) is 2.43. The van der Waals surface area contributed by atoms with Crippen molar-refractivity contribution in [3.05, 3.63) is 63.6 Å². The molecule has 1 atom stereocenters.